The van der Waals surface area contributed by atoms with Gasteiger partial charge < -0.3 is 10.0 Å². The number of aromatic hydroxyl groups is 1. The summed E-state index contributed by atoms with van der Waals surface area (Å²) >= 11 is 5.70. The number of hydrogen-bond acceptors (Lipinski definition) is 3. The van der Waals surface area contributed by atoms with Crippen LogP contribution in [-0.2, 0) is 17.8 Å². The molecule has 0 bridgehead atoms. The first-order valence-electron chi connectivity index (χ1n) is 4.70. The smallest absolute Gasteiger partial charge is 0.219 e. The van der Waals surface area contributed by atoms with Crippen LogP contribution in [0.2, 0.25) is 5.15 Å². The van der Waals surface area contributed by atoms with E-state index < -0.39 is 0 Å². The Morgan fingerprint density at radius 1 is 1.67 bits per heavy atom. The van der Waals surface area contributed by atoms with Crippen LogP contribution in [-0.4, -0.2) is 27.4 Å². The second-order valence-electron chi connectivity index (χ2n) is 3.59. The van der Waals surface area contributed by atoms with Crippen molar-refractivity contribution in [2.75, 3.05) is 6.54 Å². The fourth-order valence-electron chi connectivity index (χ4n) is 1.70. The van der Waals surface area contributed by atoms with E-state index >= 15 is 0 Å². The zero-order valence-electron chi connectivity index (χ0n) is 8.33. The van der Waals surface area contributed by atoms with E-state index in [2.05, 4.69) is 4.98 Å². The number of halogens is 1. The second-order valence-corrected chi connectivity index (χ2v) is 3.95. The predicted molar refractivity (Wildman–Crippen MR) is 55.7 cm³/mol. The molecule has 0 radical (unpaired) electrons. The molecule has 0 atom stereocenters. The van der Waals surface area contributed by atoms with E-state index in [9.17, 15) is 9.90 Å². The molecule has 0 aliphatic carbocycles. The van der Waals surface area contributed by atoms with E-state index in [-0.39, 0.29) is 16.8 Å². The quantitative estimate of drug-likeness (QED) is 0.680. The van der Waals surface area contributed by atoms with Crippen LogP contribution < -0.4 is 0 Å². The first-order valence-corrected chi connectivity index (χ1v) is 5.08. The molecule has 1 N–H and O–H groups in total. The Morgan fingerprint density at radius 2 is 2.40 bits per heavy atom. The minimum absolute atomic E-state index is 0.0270. The molecule has 4 nitrogen and oxygen atoms in total. The maximum Gasteiger partial charge on any atom is 0.219 e. The molecule has 1 aromatic rings. The Morgan fingerprint density at radius 3 is 3.07 bits per heavy atom. The van der Waals surface area contributed by atoms with Crippen LogP contribution in [0.25, 0.3) is 0 Å². The molecule has 0 fully saturated rings. The van der Waals surface area contributed by atoms with Gasteiger partial charge in [0.05, 0.1) is 0 Å². The largest absolute Gasteiger partial charge is 0.505 e. The van der Waals surface area contributed by atoms with Gasteiger partial charge in [-0.15, -0.1) is 0 Å². The SMILES string of the molecule is CC(=O)N1CCc2nc(Cl)c(O)cc2C1. The molecule has 0 aromatic carbocycles. The van der Waals surface area contributed by atoms with Gasteiger partial charge in [-0.3, -0.25) is 4.79 Å². The lowest BCUT2D eigenvalue weighted by molar-refractivity contribution is -0.129. The number of carbonyl (C=O) groups is 1. The third-order valence-electron chi connectivity index (χ3n) is 2.55. The average molecular weight is 227 g/mol. The molecule has 15 heavy (non-hydrogen) atoms. The van der Waals surface area contributed by atoms with Gasteiger partial charge in [0, 0.05) is 32.1 Å². The van der Waals surface area contributed by atoms with E-state index in [1.54, 1.807) is 11.0 Å². The second kappa shape index (κ2) is 3.70. The molecule has 0 saturated carbocycles. The lowest BCUT2D eigenvalue weighted by atomic mass is 10.1. The first-order chi connectivity index (χ1) is 7.08. The van der Waals surface area contributed by atoms with Crippen molar-refractivity contribution in [2.45, 2.75) is 19.9 Å². The minimum atomic E-state index is -0.0270. The van der Waals surface area contributed by atoms with Crippen molar-refractivity contribution < 1.29 is 9.90 Å². The molecule has 0 saturated heterocycles. The maximum atomic E-state index is 11.2. The molecule has 1 aromatic heterocycles. The highest BCUT2D eigenvalue weighted by molar-refractivity contribution is 6.30. The van der Waals surface area contributed by atoms with Crippen LogP contribution in [0.3, 0.4) is 0 Å². The number of nitrogens with zero attached hydrogens (tertiary/aromatic N) is 2. The number of carbonyl (C=O) groups excluding carboxylic acids is 1. The van der Waals surface area contributed by atoms with Crippen molar-refractivity contribution in [3.8, 4) is 5.75 Å². The van der Waals surface area contributed by atoms with Crippen LogP contribution >= 0.6 is 11.6 Å². The first kappa shape index (κ1) is 10.2. The van der Waals surface area contributed by atoms with Crippen molar-refractivity contribution in [1.29, 1.82) is 0 Å². The van der Waals surface area contributed by atoms with Crippen molar-refractivity contribution >= 4 is 17.5 Å². The van der Waals surface area contributed by atoms with Crippen LogP contribution in [0.4, 0.5) is 0 Å². The zero-order chi connectivity index (χ0) is 11.0. The average Bonchev–Trinajstić information content (AvgIpc) is 2.19. The molecule has 0 spiro atoms. The monoisotopic (exact) mass is 226 g/mol. The summed E-state index contributed by atoms with van der Waals surface area (Å²) in [5.41, 5.74) is 1.74. The normalized spacial score (nSPS) is 14.9. The Kier molecular flexibility index (Phi) is 2.52. The lowest BCUT2D eigenvalue weighted by Crippen LogP contribution is -2.34. The molecule has 5 heteroatoms. The van der Waals surface area contributed by atoms with E-state index in [1.807, 2.05) is 0 Å². The van der Waals surface area contributed by atoms with Gasteiger partial charge in [0.1, 0.15) is 0 Å². The van der Waals surface area contributed by atoms with Crippen LogP contribution in [0.1, 0.15) is 18.2 Å². The summed E-state index contributed by atoms with van der Waals surface area (Å²) in [5.74, 6) is 0.0101. The van der Waals surface area contributed by atoms with E-state index in [0.717, 1.165) is 11.3 Å². The molecular weight excluding hydrogens is 216 g/mol. The van der Waals surface area contributed by atoms with Gasteiger partial charge in [-0.2, -0.15) is 0 Å². The summed E-state index contributed by atoms with van der Waals surface area (Å²) in [6.07, 6.45) is 0.689. The van der Waals surface area contributed by atoms with E-state index in [1.165, 1.54) is 6.92 Å². The topological polar surface area (TPSA) is 53.4 Å². The summed E-state index contributed by atoms with van der Waals surface area (Å²) in [5, 5.41) is 9.53. The number of aromatic nitrogens is 1. The van der Waals surface area contributed by atoms with Gasteiger partial charge in [-0.1, -0.05) is 11.6 Å². The third kappa shape index (κ3) is 1.90. The molecule has 2 heterocycles. The summed E-state index contributed by atoms with van der Waals surface area (Å²) in [4.78, 5) is 17.0. The summed E-state index contributed by atoms with van der Waals surface area (Å²) in [6, 6.07) is 1.58. The number of pyridine rings is 1. The van der Waals surface area contributed by atoms with Gasteiger partial charge in [-0.05, 0) is 11.6 Å². The zero-order valence-corrected chi connectivity index (χ0v) is 9.08. The molecule has 0 unspecified atom stereocenters. The summed E-state index contributed by atoms with van der Waals surface area (Å²) in [6.45, 7) is 2.70. The van der Waals surface area contributed by atoms with E-state index in [0.29, 0.717) is 19.5 Å². The number of fused-ring (bicyclic) bond motifs is 1. The van der Waals surface area contributed by atoms with Crippen LogP contribution in [0.15, 0.2) is 6.07 Å². The molecule has 1 amide bonds. The molecule has 2 rings (SSSR count). The highest BCUT2D eigenvalue weighted by Crippen LogP contribution is 2.27. The van der Waals surface area contributed by atoms with Crippen LogP contribution in [0.5, 0.6) is 5.75 Å². The number of rotatable bonds is 0. The highest BCUT2D eigenvalue weighted by atomic mass is 35.5. The Labute approximate surface area is 92.5 Å². The van der Waals surface area contributed by atoms with Gasteiger partial charge in [-0.25, -0.2) is 4.98 Å². The number of hydrogen-bond donors (Lipinski definition) is 1. The predicted octanol–water partition coefficient (Wildman–Crippen LogP) is 1.35. The van der Waals surface area contributed by atoms with E-state index in [4.69, 9.17) is 11.6 Å². The fourth-order valence-corrected chi connectivity index (χ4v) is 1.86. The fraction of sp³-hybridized carbons (Fsp3) is 0.400. The summed E-state index contributed by atoms with van der Waals surface area (Å²) < 4.78 is 0. The minimum Gasteiger partial charge on any atom is -0.505 e. The van der Waals surface area contributed by atoms with Gasteiger partial charge >= 0.3 is 0 Å². The lowest BCUT2D eigenvalue weighted by Gasteiger charge is -2.27. The van der Waals surface area contributed by atoms with Gasteiger partial charge in [0.15, 0.2) is 10.9 Å². The van der Waals surface area contributed by atoms with Crippen molar-refractivity contribution in [1.82, 2.24) is 9.88 Å². The Hall–Kier alpha value is -1.29. The maximum absolute atomic E-state index is 11.2. The third-order valence-corrected chi connectivity index (χ3v) is 2.83. The summed E-state index contributed by atoms with van der Waals surface area (Å²) in [7, 11) is 0. The van der Waals surface area contributed by atoms with Crippen LogP contribution in [0, 0.1) is 0 Å². The van der Waals surface area contributed by atoms with Crippen molar-refractivity contribution in [3.05, 3.63) is 22.5 Å². The number of amides is 1. The van der Waals surface area contributed by atoms with Gasteiger partial charge in [0.25, 0.3) is 0 Å². The molecule has 1 aliphatic heterocycles. The molecular formula is C10H11ClN2O2. The molecule has 80 valence electrons. The Balaban J connectivity index is 2.34. The standard InChI is InChI=1S/C10H11ClN2O2/c1-6(14)13-3-2-8-7(5-13)4-9(15)10(11)12-8/h4,15H,2-3,5H2,1H3. The van der Waals surface area contributed by atoms with Crippen molar-refractivity contribution in [3.63, 3.8) is 0 Å². The van der Waals surface area contributed by atoms with Crippen molar-refractivity contribution in [2.24, 2.45) is 0 Å². The molecule has 1 aliphatic rings. The van der Waals surface area contributed by atoms with Gasteiger partial charge in [0.2, 0.25) is 5.91 Å². The Bertz CT molecular complexity index is 420. The highest BCUT2D eigenvalue weighted by Gasteiger charge is 2.20.